The Labute approximate surface area is 123 Å². The van der Waals surface area contributed by atoms with Gasteiger partial charge in [-0.25, -0.2) is 0 Å². The van der Waals surface area contributed by atoms with Gasteiger partial charge < -0.3 is 5.32 Å². The highest BCUT2D eigenvalue weighted by molar-refractivity contribution is 7.23. The Hall–Kier alpha value is -2.11. The molecule has 3 rings (SSSR count). The molecule has 0 saturated heterocycles. The van der Waals surface area contributed by atoms with Gasteiger partial charge in [-0.15, -0.1) is 11.3 Å². The van der Waals surface area contributed by atoms with Crippen LogP contribution in [-0.4, -0.2) is 4.92 Å². The maximum Gasteiger partial charge on any atom is 0.311 e. The van der Waals surface area contributed by atoms with Crippen molar-refractivity contribution < 1.29 is 4.92 Å². The Kier molecular flexibility index (Phi) is 3.30. The summed E-state index contributed by atoms with van der Waals surface area (Å²) in [4.78, 5) is 10.9. The Bertz CT molecular complexity index is 801. The van der Waals surface area contributed by atoms with Crippen molar-refractivity contribution in [2.24, 2.45) is 0 Å². The number of fused-ring (bicyclic) bond motifs is 1. The van der Waals surface area contributed by atoms with E-state index in [4.69, 9.17) is 11.6 Å². The molecule has 3 aromatic rings. The second kappa shape index (κ2) is 5.11. The van der Waals surface area contributed by atoms with Crippen LogP contribution in [0.2, 0.25) is 5.02 Å². The smallest absolute Gasteiger partial charge is 0.311 e. The fraction of sp³-hybridized carbons (Fsp3) is 0. The lowest BCUT2D eigenvalue weighted by atomic mass is 10.2. The lowest BCUT2D eigenvalue weighted by Gasteiger charge is -2.03. The molecular weight excluding hydrogens is 296 g/mol. The SMILES string of the molecule is O=[N+]([O-])c1c(Nc2cccc(Cl)c2)sc2ccccc12. The summed E-state index contributed by atoms with van der Waals surface area (Å²) in [5, 5.41) is 16.1. The van der Waals surface area contributed by atoms with E-state index in [1.807, 2.05) is 18.2 Å². The van der Waals surface area contributed by atoms with Gasteiger partial charge in [0.15, 0.2) is 5.00 Å². The van der Waals surface area contributed by atoms with Crippen molar-refractivity contribution >= 4 is 49.4 Å². The largest absolute Gasteiger partial charge is 0.341 e. The third-order valence-corrected chi connectivity index (χ3v) is 4.14. The van der Waals surface area contributed by atoms with Crippen molar-refractivity contribution in [3.8, 4) is 0 Å². The molecule has 1 aromatic heterocycles. The number of thiophene rings is 1. The molecule has 0 aliphatic rings. The third-order valence-electron chi connectivity index (χ3n) is 2.83. The van der Waals surface area contributed by atoms with Crippen molar-refractivity contribution in [3.05, 3.63) is 63.7 Å². The standard InChI is InChI=1S/C14H9ClN2O2S/c15-9-4-3-5-10(8-9)16-14-13(17(18)19)11-6-1-2-7-12(11)20-14/h1-8,16H. The molecular formula is C14H9ClN2O2S. The number of benzene rings is 2. The minimum Gasteiger partial charge on any atom is -0.341 e. The molecule has 0 atom stereocenters. The number of anilines is 2. The van der Waals surface area contributed by atoms with Gasteiger partial charge in [0.05, 0.1) is 10.3 Å². The third kappa shape index (κ3) is 2.33. The summed E-state index contributed by atoms with van der Waals surface area (Å²) in [5.41, 5.74) is 0.831. The lowest BCUT2D eigenvalue weighted by Crippen LogP contribution is -1.93. The summed E-state index contributed by atoms with van der Waals surface area (Å²) >= 11 is 7.28. The van der Waals surface area contributed by atoms with E-state index in [1.54, 1.807) is 30.3 Å². The monoisotopic (exact) mass is 304 g/mol. The van der Waals surface area contributed by atoms with E-state index in [1.165, 1.54) is 11.3 Å². The number of nitro groups is 1. The number of nitrogens with zero attached hydrogens (tertiary/aromatic N) is 1. The van der Waals surface area contributed by atoms with Crippen LogP contribution >= 0.6 is 22.9 Å². The van der Waals surface area contributed by atoms with Gasteiger partial charge in [-0.05, 0) is 30.3 Å². The first-order valence-corrected chi connectivity index (χ1v) is 7.03. The zero-order valence-corrected chi connectivity index (χ0v) is 11.7. The molecule has 0 unspecified atom stereocenters. The van der Waals surface area contributed by atoms with Crippen LogP contribution in [0.5, 0.6) is 0 Å². The molecule has 0 fully saturated rings. The summed E-state index contributed by atoms with van der Waals surface area (Å²) in [6, 6.07) is 14.4. The first kappa shape index (κ1) is 12.9. The minimum atomic E-state index is -0.355. The summed E-state index contributed by atoms with van der Waals surface area (Å²) in [5.74, 6) is 0. The number of halogens is 1. The molecule has 2 aromatic carbocycles. The van der Waals surface area contributed by atoms with E-state index in [9.17, 15) is 10.1 Å². The van der Waals surface area contributed by atoms with Crippen molar-refractivity contribution in [3.63, 3.8) is 0 Å². The number of hydrogen-bond donors (Lipinski definition) is 1. The van der Waals surface area contributed by atoms with E-state index >= 15 is 0 Å². The number of rotatable bonds is 3. The molecule has 20 heavy (non-hydrogen) atoms. The molecule has 6 heteroatoms. The van der Waals surface area contributed by atoms with Gasteiger partial charge in [0, 0.05) is 15.4 Å². The average Bonchev–Trinajstić information content (AvgIpc) is 2.76. The van der Waals surface area contributed by atoms with Gasteiger partial charge in [0.1, 0.15) is 0 Å². The van der Waals surface area contributed by atoms with E-state index in [0.29, 0.717) is 15.4 Å². The molecule has 0 aliphatic heterocycles. The maximum atomic E-state index is 11.3. The minimum absolute atomic E-state index is 0.102. The van der Waals surface area contributed by atoms with Crippen LogP contribution in [0.15, 0.2) is 48.5 Å². The Morgan fingerprint density at radius 1 is 1.15 bits per heavy atom. The molecule has 0 spiro atoms. The van der Waals surface area contributed by atoms with E-state index < -0.39 is 0 Å². The zero-order valence-electron chi connectivity index (χ0n) is 10.2. The van der Waals surface area contributed by atoms with Crippen LogP contribution in [0.25, 0.3) is 10.1 Å². The van der Waals surface area contributed by atoms with Crippen LogP contribution in [0, 0.1) is 10.1 Å². The Morgan fingerprint density at radius 3 is 2.70 bits per heavy atom. The fourth-order valence-electron chi connectivity index (χ4n) is 2.00. The van der Waals surface area contributed by atoms with Crippen LogP contribution in [0.1, 0.15) is 0 Å². The van der Waals surface area contributed by atoms with Crippen molar-refractivity contribution in [2.75, 3.05) is 5.32 Å². The average molecular weight is 305 g/mol. The lowest BCUT2D eigenvalue weighted by molar-refractivity contribution is -0.381. The van der Waals surface area contributed by atoms with Gasteiger partial charge in [0.25, 0.3) is 0 Å². The molecule has 0 bridgehead atoms. The predicted molar refractivity (Wildman–Crippen MR) is 83.2 cm³/mol. The van der Waals surface area contributed by atoms with Crippen LogP contribution in [-0.2, 0) is 0 Å². The van der Waals surface area contributed by atoms with Crippen LogP contribution in [0.4, 0.5) is 16.4 Å². The zero-order chi connectivity index (χ0) is 14.1. The van der Waals surface area contributed by atoms with Crippen molar-refractivity contribution in [1.29, 1.82) is 0 Å². The fourth-order valence-corrected chi connectivity index (χ4v) is 3.28. The Morgan fingerprint density at radius 2 is 1.95 bits per heavy atom. The maximum absolute atomic E-state index is 11.3. The summed E-state index contributed by atoms with van der Waals surface area (Å²) in [6.07, 6.45) is 0. The van der Waals surface area contributed by atoms with Crippen LogP contribution in [0.3, 0.4) is 0 Å². The summed E-state index contributed by atoms with van der Waals surface area (Å²) in [6.45, 7) is 0. The summed E-state index contributed by atoms with van der Waals surface area (Å²) in [7, 11) is 0. The van der Waals surface area contributed by atoms with Gasteiger partial charge in [0.2, 0.25) is 0 Å². The molecule has 0 radical (unpaired) electrons. The topological polar surface area (TPSA) is 55.2 Å². The second-order valence-electron chi connectivity index (χ2n) is 4.17. The van der Waals surface area contributed by atoms with Gasteiger partial charge in [-0.2, -0.15) is 0 Å². The normalized spacial score (nSPS) is 10.7. The quantitative estimate of drug-likeness (QED) is 0.534. The second-order valence-corrected chi connectivity index (χ2v) is 5.66. The van der Waals surface area contributed by atoms with Crippen LogP contribution < -0.4 is 5.32 Å². The van der Waals surface area contributed by atoms with E-state index in [-0.39, 0.29) is 10.6 Å². The highest BCUT2D eigenvalue weighted by Gasteiger charge is 2.22. The van der Waals surface area contributed by atoms with Gasteiger partial charge in [-0.1, -0.05) is 29.8 Å². The van der Waals surface area contributed by atoms with Crippen molar-refractivity contribution in [1.82, 2.24) is 0 Å². The predicted octanol–water partition coefficient (Wildman–Crippen LogP) is 5.21. The highest BCUT2D eigenvalue weighted by atomic mass is 35.5. The first-order valence-electron chi connectivity index (χ1n) is 5.83. The highest BCUT2D eigenvalue weighted by Crippen LogP contribution is 2.42. The first-order chi connectivity index (χ1) is 9.65. The molecule has 0 saturated carbocycles. The molecule has 1 heterocycles. The Balaban J connectivity index is 2.11. The number of nitrogens with one attached hydrogen (secondary N) is 1. The molecule has 0 amide bonds. The molecule has 1 N–H and O–H groups in total. The van der Waals surface area contributed by atoms with Gasteiger partial charge in [-0.3, -0.25) is 10.1 Å². The van der Waals surface area contributed by atoms with Crippen molar-refractivity contribution in [2.45, 2.75) is 0 Å². The molecule has 0 aliphatic carbocycles. The van der Waals surface area contributed by atoms with Gasteiger partial charge >= 0.3 is 5.69 Å². The summed E-state index contributed by atoms with van der Waals surface area (Å²) < 4.78 is 0.878. The van der Waals surface area contributed by atoms with E-state index in [2.05, 4.69) is 5.32 Å². The van der Waals surface area contributed by atoms with E-state index in [0.717, 1.165) is 10.4 Å². The number of hydrogen-bond acceptors (Lipinski definition) is 4. The molecule has 4 nitrogen and oxygen atoms in total. The molecule has 100 valence electrons.